The molecule has 4 heteroatoms. The van der Waals surface area contributed by atoms with E-state index in [0.29, 0.717) is 12.2 Å². The van der Waals surface area contributed by atoms with Crippen molar-refractivity contribution in [3.8, 4) is 0 Å². The Balaban J connectivity index is 1.93. The van der Waals surface area contributed by atoms with Crippen molar-refractivity contribution in [3.63, 3.8) is 0 Å². The number of benzene rings is 1. The second-order valence-electron chi connectivity index (χ2n) is 6.39. The summed E-state index contributed by atoms with van der Waals surface area (Å²) >= 11 is 0. The summed E-state index contributed by atoms with van der Waals surface area (Å²) in [5.41, 5.74) is 4.05. The smallest absolute Gasteiger partial charge is 0.278 e. The molecule has 0 N–H and O–H groups in total. The van der Waals surface area contributed by atoms with Crippen LogP contribution in [0.3, 0.4) is 0 Å². The second-order valence-corrected chi connectivity index (χ2v) is 6.39. The molecule has 1 aromatic heterocycles. The highest BCUT2D eigenvalue weighted by Crippen LogP contribution is 2.33. The molecule has 4 nitrogen and oxygen atoms in total. The van der Waals surface area contributed by atoms with Gasteiger partial charge in [-0.2, -0.15) is 0 Å². The van der Waals surface area contributed by atoms with E-state index < -0.39 is 0 Å². The van der Waals surface area contributed by atoms with Gasteiger partial charge in [0, 0.05) is 24.6 Å². The van der Waals surface area contributed by atoms with E-state index in [2.05, 4.69) is 48.9 Å². The lowest BCUT2D eigenvalue weighted by Crippen LogP contribution is -2.29. The summed E-state index contributed by atoms with van der Waals surface area (Å²) in [7, 11) is 0. The Labute approximate surface area is 124 Å². The number of hydrogen-bond acceptors (Lipinski definition) is 3. The topological polar surface area (TPSA) is 46.1 Å². The molecule has 108 valence electrons. The maximum atomic E-state index is 12.5. The van der Waals surface area contributed by atoms with Gasteiger partial charge in [0.15, 0.2) is 0 Å². The zero-order valence-corrected chi connectivity index (χ0v) is 12.6. The standard InChI is InChI=1S/C17H19N3O/c1-17(2,3)13-4-5-15-12(10-13)6-9-20(15)16(21)14-11-18-7-8-19-14/h4-5,7-8,10-11H,6,9H2,1-3H3. The number of aromatic nitrogens is 2. The number of rotatable bonds is 1. The molecule has 0 spiro atoms. The largest absolute Gasteiger partial charge is 0.306 e. The Morgan fingerprint density at radius 2 is 2.05 bits per heavy atom. The van der Waals surface area contributed by atoms with E-state index in [9.17, 15) is 4.79 Å². The molecule has 1 aromatic carbocycles. The molecular weight excluding hydrogens is 262 g/mol. The number of fused-ring (bicyclic) bond motifs is 1. The van der Waals surface area contributed by atoms with Gasteiger partial charge >= 0.3 is 0 Å². The molecule has 0 radical (unpaired) electrons. The number of hydrogen-bond donors (Lipinski definition) is 0. The van der Waals surface area contributed by atoms with Crippen LogP contribution in [0.2, 0.25) is 0 Å². The predicted molar refractivity (Wildman–Crippen MR) is 82.6 cm³/mol. The van der Waals surface area contributed by atoms with Crippen LogP contribution in [0, 0.1) is 0 Å². The molecule has 0 bridgehead atoms. The Hall–Kier alpha value is -2.23. The SMILES string of the molecule is CC(C)(C)c1ccc2c(c1)CCN2C(=O)c1cnccn1. The van der Waals surface area contributed by atoms with E-state index in [-0.39, 0.29) is 11.3 Å². The van der Waals surface area contributed by atoms with E-state index >= 15 is 0 Å². The van der Waals surface area contributed by atoms with Gasteiger partial charge in [-0.05, 0) is 29.0 Å². The van der Waals surface area contributed by atoms with Crippen LogP contribution in [0.25, 0.3) is 0 Å². The third-order valence-electron chi connectivity index (χ3n) is 3.87. The lowest BCUT2D eigenvalue weighted by molar-refractivity contribution is 0.0984. The number of carbonyl (C=O) groups is 1. The summed E-state index contributed by atoms with van der Waals surface area (Å²) in [5, 5.41) is 0. The minimum absolute atomic E-state index is 0.0784. The molecule has 0 atom stereocenters. The van der Waals surface area contributed by atoms with Crippen LogP contribution in [0.1, 0.15) is 42.4 Å². The quantitative estimate of drug-likeness (QED) is 0.807. The van der Waals surface area contributed by atoms with Gasteiger partial charge < -0.3 is 4.90 Å². The van der Waals surface area contributed by atoms with E-state index in [1.807, 2.05) is 0 Å². The summed E-state index contributed by atoms with van der Waals surface area (Å²) in [6, 6.07) is 6.39. The first-order chi connectivity index (χ1) is 9.97. The highest BCUT2D eigenvalue weighted by atomic mass is 16.2. The lowest BCUT2D eigenvalue weighted by atomic mass is 9.86. The minimum Gasteiger partial charge on any atom is -0.306 e. The molecule has 1 amide bonds. The van der Waals surface area contributed by atoms with Gasteiger partial charge in [0.1, 0.15) is 5.69 Å². The highest BCUT2D eigenvalue weighted by Gasteiger charge is 2.27. The average molecular weight is 281 g/mol. The molecule has 0 aliphatic carbocycles. The maximum Gasteiger partial charge on any atom is 0.278 e. The molecule has 1 aliphatic rings. The number of anilines is 1. The van der Waals surface area contributed by atoms with Crippen LogP contribution in [0.4, 0.5) is 5.69 Å². The fraction of sp³-hybridized carbons (Fsp3) is 0.353. The fourth-order valence-corrected chi connectivity index (χ4v) is 2.63. The summed E-state index contributed by atoms with van der Waals surface area (Å²) in [6.07, 6.45) is 5.53. The van der Waals surface area contributed by atoms with Gasteiger partial charge in [-0.3, -0.25) is 9.78 Å². The molecular formula is C17H19N3O. The van der Waals surface area contributed by atoms with Crippen molar-refractivity contribution >= 4 is 11.6 Å². The van der Waals surface area contributed by atoms with Crippen LogP contribution in [-0.4, -0.2) is 22.4 Å². The van der Waals surface area contributed by atoms with E-state index in [1.54, 1.807) is 17.3 Å². The Morgan fingerprint density at radius 1 is 1.24 bits per heavy atom. The Morgan fingerprint density at radius 3 is 2.71 bits per heavy atom. The number of amides is 1. The van der Waals surface area contributed by atoms with Crippen molar-refractivity contribution in [2.24, 2.45) is 0 Å². The van der Waals surface area contributed by atoms with Crippen LogP contribution >= 0.6 is 0 Å². The number of nitrogens with zero attached hydrogens (tertiary/aromatic N) is 3. The molecule has 2 heterocycles. The van der Waals surface area contributed by atoms with Crippen LogP contribution < -0.4 is 4.90 Å². The van der Waals surface area contributed by atoms with Crippen molar-refractivity contribution in [1.29, 1.82) is 0 Å². The molecule has 21 heavy (non-hydrogen) atoms. The summed E-state index contributed by atoms with van der Waals surface area (Å²) in [5.74, 6) is -0.0784. The highest BCUT2D eigenvalue weighted by molar-refractivity contribution is 6.05. The van der Waals surface area contributed by atoms with Gasteiger partial charge in [-0.15, -0.1) is 0 Å². The van der Waals surface area contributed by atoms with Crippen molar-refractivity contribution in [3.05, 3.63) is 53.6 Å². The fourth-order valence-electron chi connectivity index (χ4n) is 2.63. The van der Waals surface area contributed by atoms with E-state index in [4.69, 9.17) is 0 Å². The van der Waals surface area contributed by atoms with Crippen LogP contribution in [-0.2, 0) is 11.8 Å². The van der Waals surface area contributed by atoms with Gasteiger partial charge in [0.25, 0.3) is 5.91 Å². The molecule has 0 saturated carbocycles. The first-order valence-electron chi connectivity index (χ1n) is 7.18. The van der Waals surface area contributed by atoms with Crippen LogP contribution in [0.5, 0.6) is 0 Å². The molecule has 0 fully saturated rings. The van der Waals surface area contributed by atoms with Gasteiger partial charge in [0.05, 0.1) is 6.20 Å². The van der Waals surface area contributed by atoms with Crippen LogP contribution in [0.15, 0.2) is 36.8 Å². The average Bonchev–Trinajstić information content (AvgIpc) is 2.89. The predicted octanol–water partition coefficient (Wildman–Crippen LogP) is 2.98. The van der Waals surface area contributed by atoms with Gasteiger partial charge in [0.2, 0.25) is 0 Å². The molecule has 1 aliphatic heterocycles. The third kappa shape index (κ3) is 2.53. The van der Waals surface area contributed by atoms with Crippen molar-refractivity contribution in [2.75, 3.05) is 11.4 Å². The summed E-state index contributed by atoms with van der Waals surface area (Å²) in [4.78, 5) is 22.4. The van der Waals surface area contributed by atoms with Gasteiger partial charge in [-0.25, -0.2) is 4.98 Å². The molecule has 0 unspecified atom stereocenters. The zero-order valence-electron chi connectivity index (χ0n) is 12.6. The Bertz CT molecular complexity index is 674. The summed E-state index contributed by atoms with van der Waals surface area (Å²) in [6.45, 7) is 7.31. The maximum absolute atomic E-state index is 12.5. The van der Waals surface area contributed by atoms with E-state index in [1.165, 1.54) is 17.3 Å². The van der Waals surface area contributed by atoms with E-state index in [0.717, 1.165) is 12.1 Å². The first kappa shape index (κ1) is 13.7. The third-order valence-corrected chi connectivity index (χ3v) is 3.87. The van der Waals surface area contributed by atoms with Gasteiger partial charge in [-0.1, -0.05) is 32.9 Å². The zero-order chi connectivity index (χ0) is 15.0. The summed E-state index contributed by atoms with van der Waals surface area (Å²) < 4.78 is 0. The normalized spacial score (nSPS) is 14.1. The lowest BCUT2D eigenvalue weighted by Gasteiger charge is -2.21. The molecule has 0 saturated heterocycles. The van der Waals surface area contributed by atoms with Crippen molar-refractivity contribution in [1.82, 2.24) is 9.97 Å². The Kier molecular flexibility index (Phi) is 3.24. The number of carbonyl (C=O) groups excluding carboxylic acids is 1. The molecule has 3 rings (SSSR count). The van der Waals surface area contributed by atoms with Crippen molar-refractivity contribution < 1.29 is 4.79 Å². The molecule has 2 aromatic rings. The first-order valence-corrected chi connectivity index (χ1v) is 7.18. The monoisotopic (exact) mass is 281 g/mol. The minimum atomic E-state index is -0.0784. The second kappa shape index (κ2) is 4.95. The van der Waals surface area contributed by atoms with Crippen molar-refractivity contribution in [2.45, 2.75) is 32.6 Å².